The number of hydrogen-bond acceptors (Lipinski definition) is 7. The molecule has 1 amide bonds. The summed E-state index contributed by atoms with van der Waals surface area (Å²) in [5, 5.41) is 12.4. The van der Waals surface area contributed by atoms with Gasteiger partial charge in [0.15, 0.2) is 11.5 Å². The van der Waals surface area contributed by atoms with Gasteiger partial charge in [-0.1, -0.05) is 24.3 Å². The first-order valence-corrected chi connectivity index (χ1v) is 13.5. The molecular weight excluding hydrogens is 506 g/mol. The first-order chi connectivity index (χ1) is 19.5. The van der Waals surface area contributed by atoms with E-state index in [0.717, 1.165) is 18.6 Å². The minimum absolute atomic E-state index is 0.0550. The van der Waals surface area contributed by atoms with Crippen molar-refractivity contribution >= 4 is 22.9 Å². The molecular formula is C30H29N7O3. The van der Waals surface area contributed by atoms with E-state index < -0.39 is 0 Å². The highest BCUT2D eigenvalue weighted by Crippen LogP contribution is 2.33. The van der Waals surface area contributed by atoms with Crippen LogP contribution in [0.3, 0.4) is 0 Å². The minimum Gasteiger partial charge on any atom is -0.457 e. The highest BCUT2D eigenvalue weighted by molar-refractivity contribution is 5.97. The second kappa shape index (κ2) is 10.7. The van der Waals surface area contributed by atoms with E-state index in [0.29, 0.717) is 54.2 Å². The van der Waals surface area contributed by atoms with Crippen LogP contribution in [0.2, 0.25) is 0 Å². The topological polar surface area (TPSA) is 141 Å². The first-order valence-electron chi connectivity index (χ1n) is 13.5. The highest BCUT2D eigenvalue weighted by atomic mass is 16.5. The van der Waals surface area contributed by atoms with Crippen molar-refractivity contribution in [1.29, 1.82) is 5.26 Å². The third-order valence-electron chi connectivity index (χ3n) is 7.54. The molecule has 2 aliphatic carbocycles. The number of amides is 1. The van der Waals surface area contributed by atoms with Crippen molar-refractivity contribution in [3.63, 3.8) is 0 Å². The van der Waals surface area contributed by atoms with E-state index in [9.17, 15) is 14.9 Å². The Morgan fingerprint density at radius 2 is 1.70 bits per heavy atom. The van der Waals surface area contributed by atoms with Crippen LogP contribution < -0.4 is 21.5 Å². The van der Waals surface area contributed by atoms with Crippen LogP contribution in [0.1, 0.15) is 44.6 Å². The number of nitrogens with zero attached hydrogens (tertiary/aromatic N) is 5. The fraction of sp³-hybridized carbons (Fsp3) is 0.300. The van der Waals surface area contributed by atoms with Crippen LogP contribution in [0.15, 0.2) is 77.4 Å². The summed E-state index contributed by atoms with van der Waals surface area (Å²) in [5.41, 5.74) is 7.78. The van der Waals surface area contributed by atoms with Crippen LogP contribution in [-0.4, -0.2) is 31.1 Å². The first kappa shape index (κ1) is 25.4. The Morgan fingerprint density at radius 1 is 1.00 bits per heavy atom. The van der Waals surface area contributed by atoms with E-state index in [2.05, 4.69) is 15.3 Å². The molecule has 0 unspecified atom stereocenters. The summed E-state index contributed by atoms with van der Waals surface area (Å²) in [6, 6.07) is 18.6. The van der Waals surface area contributed by atoms with Crippen LogP contribution >= 0.6 is 0 Å². The van der Waals surface area contributed by atoms with Gasteiger partial charge in [-0.05, 0) is 80.8 Å². The molecule has 202 valence electrons. The number of ether oxygens (including phenoxy) is 1. The lowest BCUT2D eigenvalue weighted by molar-refractivity contribution is -0.118. The van der Waals surface area contributed by atoms with Gasteiger partial charge in [0.25, 0.3) is 5.91 Å². The molecule has 10 nitrogen and oxygen atoms in total. The fourth-order valence-electron chi connectivity index (χ4n) is 5.33. The van der Waals surface area contributed by atoms with Gasteiger partial charge in [0.1, 0.15) is 35.0 Å². The van der Waals surface area contributed by atoms with Gasteiger partial charge < -0.3 is 15.8 Å². The smallest absolute Gasteiger partial charge is 0.335 e. The number of allylic oxidation sites excluding steroid dienone is 1. The van der Waals surface area contributed by atoms with Crippen molar-refractivity contribution in [2.75, 3.05) is 5.73 Å². The van der Waals surface area contributed by atoms with Crippen molar-refractivity contribution in [3.05, 3.63) is 83.1 Å². The van der Waals surface area contributed by atoms with Gasteiger partial charge in [0.05, 0.1) is 5.69 Å². The van der Waals surface area contributed by atoms with E-state index in [1.54, 1.807) is 27.3 Å². The van der Waals surface area contributed by atoms with Crippen molar-refractivity contribution in [2.45, 2.75) is 50.6 Å². The Bertz CT molecular complexity index is 1670. The normalized spacial score (nSPS) is 19.2. The number of aromatic nitrogens is 4. The summed E-state index contributed by atoms with van der Waals surface area (Å²) in [5.74, 6) is 1.62. The minimum atomic E-state index is -0.313. The molecule has 2 fully saturated rings. The summed E-state index contributed by atoms with van der Waals surface area (Å²) in [6.45, 7) is 0. The van der Waals surface area contributed by atoms with Gasteiger partial charge >= 0.3 is 5.69 Å². The number of para-hydroxylation sites is 1. The largest absolute Gasteiger partial charge is 0.457 e. The van der Waals surface area contributed by atoms with E-state index >= 15 is 0 Å². The number of fused-ring (bicyclic) bond motifs is 1. The van der Waals surface area contributed by atoms with Crippen molar-refractivity contribution in [3.8, 4) is 23.3 Å². The molecule has 0 bridgehead atoms. The van der Waals surface area contributed by atoms with Gasteiger partial charge in [-0.25, -0.2) is 14.8 Å². The number of rotatable bonds is 7. The molecule has 3 N–H and O–H groups in total. The van der Waals surface area contributed by atoms with Crippen LogP contribution in [-0.2, 0) is 4.79 Å². The molecule has 4 aromatic rings. The maximum absolute atomic E-state index is 13.9. The number of hydrogen-bond donors (Lipinski definition) is 2. The predicted molar refractivity (Wildman–Crippen MR) is 150 cm³/mol. The van der Waals surface area contributed by atoms with Crippen LogP contribution in [0, 0.1) is 17.2 Å². The number of nitrogens with one attached hydrogen (secondary N) is 1. The van der Waals surface area contributed by atoms with Gasteiger partial charge in [-0.2, -0.15) is 5.26 Å². The fourth-order valence-corrected chi connectivity index (χ4v) is 5.33. The second-order valence-electron chi connectivity index (χ2n) is 10.3. The van der Waals surface area contributed by atoms with Crippen LogP contribution in [0.4, 0.5) is 5.82 Å². The quantitative estimate of drug-likeness (QED) is 0.264. The van der Waals surface area contributed by atoms with Crippen molar-refractivity contribution in [1.82, 2.24) is 24.4 Å². The zero-order valence-corrected chi connectivity index (χ0v) is 21.9. The monoisotopic (exact) mass is 535 g/mol. The molecule has 2 aliphatic rings. The lowest BCUT2D eigenvalue weighted by atomic mass is 9.90. The average Bonchev–Trinajstić information content (AvgIpc) is 3.74. The molecule has 2 saturated carbocycles. The standard InChI is InChI=1S/C30H29N7O3/c31-17-20(16-19-6-7-19)29(38)35-21-8-10-23(11-9-21)37-28-26(27(32)33-18-34-28)36(30(37)39)22-12-14-25(15-13-22)40-24-4-2-1-3-5-24/h1-5,12-16,18-19,21,23H,6-11H2,(H,35,38)(H2,32,33,34). The van der Waals surface area contributed by atoms with Gasteiger partial charge in [-0.3, -0.25) is 13.9 Å². The maximum Gasteiger partial charge on any atom is 0.335 e. The Balaban J connectivity index is 1.23. The molecule has 10 heteroatoms. The SMILES string of the molecule is N#CC(=CC1CC1)C(=O)NC1CCC(n2c(=O)n(-c3ccc(Oc4ccccc4)cc3)c3c(N)ncnc32)CC1. The Labute approximate surface area is 230 Å². The lowest BCUT2D eigenvalue weighted by Crippen LogP contribution is -2.39. The molecule has 40 heavy (non-hydrogen) atoms. The van der Waals surface area contributed by atoms with Crippen molar-refractivity contribution in [2.24, 2.45) is 5.92 Å². The van der Waals surface area contributed by atoms with E-state index in [-0.39, 0.29) is 35.1 Å². The van der Waals surface area contributed by atoms with Crippen LogP contribution in [0.5, 0.6) is 11.5 Å². The third-order valence-corrected chi connectivity index (χ3v) is 7.54. The lowest BCUT2D eigenvalue weighted by Gasteiger charge is -2.29. The number of imidazole rings is 1. The van der Waals surface area contributed by atoms with Gasteiger partial charge in [-0.15, -0.1) is 0 Å². The number of carbonyl (C=O) groups excluding carboxylic acids is 1. The highest BCUT2D eigenvalue weighted by Gasteiger charge is 2.30. The molecule has 0 atom stereocenters. The average molecular weight is 536 g/mol. The zero-order valence-electron chi connectivity index (χ0n) is 21.9. The van der Waals surface area contributed by atoms with Gasteiger partial charge in [0, 0.05) is 12.1 Å². The Kier molecular flexibility index (Phi) is 6.78. The van der Waals surface area contributed by atoms with E-state index in [4.69, 9.17) is 10.5 Å². The van der Waals surface area contributed by atoms with E-state index in [1.807, 2.05) is 48.5 Å². The number of nitrogens with two attached hydrogens (primary N) is 1. The van der Waals surface area contributed by atoms with E-state index in [1.165, 1.54) is 6.33 Å². The summed E-state index contributed by atoms with van der Waals surface area (Å²) < 4.78 is 9.15. The molecule has 2 aromatic carbocycles. The predicted octanol–water partition coefficient (Wildman–Crippen LogP) is 4.42. The maximum atomic E-state index is 13.9. The third kappa shape index (κ3) is 5.06. The molecule has 0 aliphatic heterocycles. The summed E-state index contributed by atoms with van der Waals surface area (Å²) in [7, 11) is 0. The van der Waals surface area contributed by atoms with Crippen LogP contribution in [0.25, 0.3) is 16.9 Å². The summed E-state index contributed by atoms with van der Waals surface area (Å²) in [4.78, 5) is 35.1. The number of nitrogen functional groups attached to an aromatic ring is 1. The number of benzene rings is 2. The number of carbonyl (C=O) groups is 1. The summed E-state index contributed by atoms with van der Waals surface area (Å²) >= 11 is 0. The molecule has 0 radical (unpaired) electrons. The molecule has 2 aromatic heterocycles. The number of anilines is 1. The van der Waals surface area contributed by atoms with Gasteiger partial charge in [0.2, 0.25) is 0 Å². The Hall–Kier alpha value is -4.91. The number of nitriles is 1. The molecule has 0 saturated heterocycles. The van der Waals surface area contributed by atoms with Crippen molar-refractivity contribution < 1.29 is 9.53 Å². The zero-order chi connectivity index (χ0) is 27.6. The second-order valence-corrected chi connectivity index (χ2v) is 10.3. The summed E-state index contributed by atoms with van der Waals surface area (Å²) in [6.07, 6.45) is 7.93. The molecule has 6 rings (SSSR count). The molecule has 0 spiro atoms. The molecule has 2 heterocycles. The Morgan fingerprint density at radius 3 is 2.38 bits per heavy atom.